The van der Waals surface area contributed by atoms with Crippen LogP contribution in [-0.2, 0) is 0 Å². The van der Waals surface area contributed by atoms with Crippen LogP contribution in [0.2, 0.25) is 0 Å². The Kier molecular flexibility index (Phi) is 4.66. The first-order valence-corrected chi connectivity index (χ1v) is 7.81. The fourth-order valence-corrected chi connectivity index (χ4v) is 3.45. The zero-order chi connectivity index (χ0) is 13.9. The number of rotatable bonds is 3. The third kappa shape index (κ3) is 3.59. The summed E-state index contributed by atoms with van der Waals surface area (Å²) in [5, 5.41) is 6.11. The molecule has 2 amide bonds. The van der Waals surface area contributed by atoms with Crippen LogP contribution in [0.5, 0.6) is 0 Å². The van der Waals surface area contributed by atoms with E-state index in [-0.39, 0.29) is 6.03 Å². The van der Waals surface area contributed by atoms with Crippen LogP contribution in [0.25, 0.3) is 0 Å². The van der Waals surface area contributed by atoms with E-state index in [1.807, 2.05) is 0 Å². The lowest BCUT2D eigenvalue weighted by Crippen LogP contribution is -2.61. The van der Waals surface area contributed by atoms with Crippen LogP contribution in [0.1, 0.15) is 58.3 Å². The summed E-state index contributed by atoms with van der Waals surface area (Å²) in [6.07, 6.45) is 8.46. The molecule has 4 N–H and O–H groups in total. The van der Waals surface area contributed by atoms with Gasteiger partial charge in [0.1, 0.15) is 0 Å². The highest BCUT2D eigenvalue weighted by Crippen LogP contribution is 2.32. The Morgan fingerprint density at radius 3 is 2.32 bits per heavy atom. The Balaban J connectivity index is 1.92. The molecule has 5 heteroatoms. The first-order chi connectivity index (χ1) is 9.02. The predicted octanol–water partition coefficient (Wildman–Crippen LogP) is 2.46. The quantitative estimate of drug-likeness (QED) is 0.697. The molecule has 2 rings (SSSR count). The molecular weight excluding hydrogens is 258 g/mol. The van der Waals surface area contributed by atoms with Gasteiger partial charge in [-0.25, -0.2) is 4.79 Å². The van der Waals surface area contributed by atoms with Crippen LogP contribution in [-0.4, -0.2) is 22.6 Å². The fraction of sp³-hybridized carbons (Fsp3) is 0.857. The molecule has 0 aromatic carbocycles. The zero-order valence-corrected chi connectivity index (χ0v) is 12.5. The molecule has 0 heterocycles. The molecule has 0 aromatic rings. The molecule has 0 atom stereocenters. The average Bonchev–Trinajstić information content (AvgIpc) is 2.84. The van der Waals surface area contributed by atoms with Gasteiger partial charge in [0, 0.05) is 6.04 Å². The van der Waals surface area contributed by atoms with Gasteiger partial charge in [0.15, 0.2) is 0 Å². The van der Waals surface area contributed by atoms with Crippen LogP contribution in [0.3, 0.4) is 0 Å². The second kappa shape index (κ2) is 6.07. The van der Waals surface area contributed by atoms with Crippen molar-refractivity contribution in [2.75, 3.05) is 0 Å². The van der Waals surface area contributed by atoms with Crippen LogP contribution in [0, 0.1) is 5.92 Å². The molecule has 0 bridgehead atoms. The average molecular weight is 283 g/mol. The van der Waals surface area contributed by atoms with Gasteiger partial charge in [-0.2, -0.15) is 0 Å². The van der Waals surface area contributed by atoms with Crippen LogP contribution in [0.15, 0.2) is 0 Å². The monoisotopic (exact) mass is 283 g/mol. The van der Waals surface area contributed by atoms with Gasteiger partial charge in [0.05, 0.1) is 10.5 Å². The van der Waals surface area contributed by atoms with Crippen molar-refractivity contribution in [3.8, 4) is 0 Å². The van der Waals surface area contributed by atoms with E-state index in [4.69, 9.17) is 18.0 Å². The Bertz CT molecular complexity index is 345. The first kappa shape index (κ1) is 14.6. The van der Waals surface area contributed by atoms with Crippen molar-refractivity contribution in [2.45, 2.75) is 69.9 Å². The second-order valence-electron chi connectivity index (χ2n) is 6.21. The van der Waals surface area contributed by atoms with Crippen molar-refractivity contribution < 1.29 is 4.79 Å². The summed E-state index contributed by atoms with van der Waals surface area (Å²) < 4.78 is 0. The van der Waals surface area contributed by atoms with Crippen LogP contribution in [0.4, 0.5) is 4.79 Å². The maximum Gasteiger partial charge on any atom is 0.315 e. The van der Waals surface area contributed by atoms with Gasteiger partial charge in [-0.15, -0.1) is 0 Å². The number of carbonyl (C=O) groups excluding carboxylic acids is 1. The Labute approximate surface area is 120 Å². The molecule has 2 fully saturated rings. The van der Waals surface area contributed by atoms with Crippen molar-refractivity contribution in [3.63, 3.8) is 0 Å². The number of carbonyl (C=O) groups is 1. The maximum atomic E-state index is 12.1. The minimum absolute atomic E-state index is 0.103. The number of amides is 2. The lowest BCUT2D eigenvalue weighted by Gasteiger charge is -2.39. The number of hydrogen-bond donors (Lipinski definition) is 3. The minimum Gasteiger partial charge on any atom is -0.391 e. The molecule has 4 nitrogen and oxygen atoms in total. The molecular formula is C14H25N3OS. The van der Waals surface area contributed by atoms with Crippen molar-refractivity contribution in [2.24, 2.45) is 11.7 Å². The van der Waals surface area contributed by atoms with Gasteiger partial charge in [0.25, 0.3) is 0 Å². The summed E-state index contributed by atoms with van der Waals surface area (Å²) in [6.45, 7) is 2.24. The van der Waals surface area contributed by atoms with E-state index in [1.165, 1.54) is 12.8 Å². The fourth-order valence-electron chi connectivity index (χ4n) is 3.20. The molecule has 0 radical (unpaired) electrons. The molecule has 0 unspecified atom stereocenters. The summed E-state index contributed by atoms with van der Waals surface area (Å²) >= 11 is 5.20. The second-order valence-corrected chi connectivity index (χ2v) is 6.65. The highest BCUT2D eigenvalue weighted by atomic mass is 32.1. The van der Waals surface area contributed by atoms with E-state index >= 15 is 0 Å². The first-order valence-electron chi connectivity index (χ1n) is 7.40. The van der Waals surface area contributed by atoms with E-state index in [9.17, 15) is 4.79 Å². The van der Waals surface area contributed by atoms with Crippen molar-refractivity contribution in [1.82, 2.24) is 10.6 Å². The molecule has 0 aliphatic heterocycles. The van der Waals surface area contributed by atoms with Gasteiger partial charge in [-0.1, -0.05) is 32.0 Å². The molecule has 2 saturated carbocycles. The van der Waals surface area contributed by atoms with Gasteiger partial charge in [-0.3, -0.25) is 0 Å². The van der Waals surface area contributed by atoms with E-state index in [0.29, 0.717) is 16.9 Å². The summed E-state index contributed by atoms with van der Waals surface area (Å²) in [6, 6.07) is 0.222. The molecule has 2 aliphatic rings. The number of thiocarbonyl (C=S) groups is 1. The molecule has 0 saturated heterocycles. The Morgan fingerprint density at radius 2 is 1.79 bits per heavy atom. The van der Waals surface area contributed by atoms with Gasteiger partial charge < -0.3 is 16.4 Å². The Morgan fingerprint density at radius 1 is 1.21 bits per heavy atom. The minimum atomic E-state index is -0.468. The summed E-state index contributed by atoms with van der Waals surface area (Å²) in [4.78, 5) is 12.6. The highest BCUT2D eigenvalue weighted by Gasteiger charge is 2.38. The summed E-state index contributed by atoms with van der Waals surface area (Å²) in [5.74, 6) is 0.696. The molecule has 2 aliphatic carbocycles. The standard InChI is InChI=1S/C14H25N3OS/c1-10-6-8-14(9-7-10,12(15)19)17-13(18)16-11-4-2-3-5-11/h10-11H,2-9H2,1H3,(H2,15,19)(H2,16,17,18). The van der Waals surface area contributed by atoms with Crippen molar-refractivity contribution in [1.29, 1.82) is 0 Å². The van der Waals surface area contributed by atoms with Crippen molar-refractivity contribution in [3.05, 3.63) is 0 Å². The maximum absolute atomic E-state index is 12.1. The van der Waals surface area contributed by atoms with Gasteiger partial charge in [0.2, 0.25) is 0 Å². The smallest absolute Gasteiger partial charge is 0.315 e. The van der Waals surface area contributed by atoms with E-state index < -0.39 is 5.54 Å². The largest absolute Gasteiger partial charge is 0.391 e. The number of hydrogen-bond acceptors (Lipinski definition) is 2. The molecule has 0 aromatic heterocycles. The number of nitrogens with two attached hydrogens (primary N) is 1. The Hall–Kier alpha value is -0.840. The van der Waals surface area contributed by atoms with Crippen LogP contribution < -0.4 is 16.4 Å². The lowest BCUT2D eigenvalue weighted by atomic mass is 9.77. The highest BCUT2D eigenvalue weighted by molar-refractivity contribution is 7.80. The number of urea groups is 1. The van der Waals surface area contributed by atoms with E-state index in [0.717, 1.165) is 38.5 Å². The third-order valence-corrected chi connectivity index (χ3v) is 5.03. The van der Waals surface area contributed by atoms with Crippen molar-refractivity contribution >= 4 is 23.2 Å². The summed E-state index contributed by atoms with van der Waals surface area (Å²) in [5.41, 5.74) is 5.43. The number of nitrogens with one attached hydrogen (secondary N) is 2. The topological polar surface area (TPSA) is 67.2 Å². The van der Waals surface area contributed by atoms with Crippen LogP contribution >= 0.6 is 12.2 Å². The van der Waals surface area contributed by atoms with E-state index in [2.05, 4.69) is 17.6 Å². The molecule has 19 heavy (non-hydrogen) atoms. The van der Waals surface area contributed by atoms with E-state index in [1.54, 1.807) is 0 Å². The van der Waals surface area contributed by atoms with Gasteiger partial charge >= 0.3 is 6.03 Å². The molecule has 108 valence electrons. The lowest BCUT2D eigenvalue weighted by molar-refractivity contribution is 0.213. The third-order valence-electron chi connectivity index (χ3n) is 4.64. The predicted molar refractivity (Wildman–Crippen MR) is 81.1 cm³/mol. The molecule has 0 spiro atoms. The SMILES string of the molecule is CC1CCC(NC(=O)NC2CCCC2)(C(N)=S)CC1. The summed E-state index contributed by atoms with van der Waals surface area (Å²) in [7, 11) is 0. The normalized spacial score (nSPS) is 31.9. The zero-order valence-electron chi connectivity index (χ0n) is 11.7. The van der Waals surface area contributed by atoms with Gasteiger partial charge in [-0.05, 0) is 44.4 Å².